The first kappa shape index (κ1) is 16.0. The van der Waals surface area contributed by atoms with Gasteiger partial charge < -0.3 is 14.9 Å². The molecular formula is C14H17ClFN3OS. The maximum Gasteiger partial charge on any atom is 0.221 e. The SMILES string of the molecule is CC(C)CNC(=O)CCn1c(=S)[nH]c2cc(F)c(Cl)cc21. The molecule has 2 aromatic rings. The van der Waals surface area contributed by atoms with E-state index in [1.54, 1.807) is 4.57 Å². The van der Waals surface area contributed by atoms with Gasteiger partial charge in [-0.05, 0) is 24.2 Å². The lowest BCUT2D eigenvalue weighted by atomic mass is 10.2. The Morgan fingerprint density at radius 1 is 1.52 bits per heavy atom. The van der Waals surface area contributed by atoms with Gasteiger partial charge in [0, 0.05) is 25.6 Å². The van der Waals surface area contributed by atoms with Gasteiger partial charge in [-0.15, -0.1) is 0 Å². The van der Waals surface area contributed by atoms with E-state index in [4.69, 9.17) is 23.8 Å². The van der Waals surface area contributed by atoms with Crippen molar-refractivity contribution in [2.45, 2.75) is 26.8 Å². The molecule has 1 heterocycles. The smallest absolute Gasteiger partial charge is 0.221 e. The number of nitrogens with one attached hydrogen (secondary N) is 2. The molecule has 0 spiro atoms. The van der Waals surface area contributed by atoms with Crippen LogP contribution in [0.3, 0.4) is 0 Å². The highest BCUT2D eigenvalue weighted by Gasteiger charge is 2.10. The number of fused-ring (bicyclic) bond motifs is 1. The van der Waals surface area contributed by atoms with Crippen molar-refractivity contribution in [2.75, 3.05) is 6.54 Å². The number of amides is 1. The van der Waals surface area contributed by atoms with Crippen LogP contribution in [0.1, 0.15) is 20.3 Å². The van der Waals surface area contributed by atoms with Crippen LogP contribution < -0.4 is 5.32 Å². The number of hydrogen-bond acceptors (Lipinski definition) is 2. The molecule has 0 saturated carbocycles. The van der Waals surface area contributed by atoms with Crippen LogP contribution in [0, 0.1) is 16.5 Å². The number of H-pyrrole nitrogens is 1. The minimum absolute atomic E-state index is 0.0341. The van der Waals surface area contributed by atoms with Crippen LogP contribution in [0.15, 0.2) is 12.1 Å². The fraction of sp³-hybridized carbons (Fsp3) is 0.429. The minimum atomic E-state index is -0.498. The summed E-state index contributed by atoms with van der Waals surface area (Å²) in [7, 11) is 0. The highest BCUT2D eigenvalue weighted by molar-refractivity contribution is 7.71. The second-order valence-corrected chi connectivity index (χ2v) is 6.11. The van der Waals surface area contributed by atoms with Gasteiger partial charge in [-0.3, -0.25) is 4.79 Å². The van der Waals surface area contributed by atoms with Crippen LogP contribution in [-0.2, 0) is 11.3 Å². The summed E-state index contributed by atoms with van der Waals surface area (Å²) in [5.41, 5.74) is 1.27. The number of aromatic nitrogens is 2. The first-order valence-corrected chi connectivity index (χ1v) is 7.51. The summed E-state index contributed by atoms with van der Waals surface area (Å²) in [6, 6.07) is 2.83. The third-order valence-electron chi connectivity index (χ3n) is 3.09. The number of nitrogens with zero attached hydrogens (tertiary/aromatic N) is 1. The van der Waals surface area contributed by atoms with Crippen molar-refractivity contribution in [3.05, 3.63) is 27.7 Å². The van der Waals surface area contributed by atoms with Crippen molar-refractivity contribution in [1.29, 1.82) is 0 Å². The molecule has 2 rings (SSSR count). The zero-order valence-electron chi connectivity index (χ0n) is 11.9. The summed E-state index contributed by atoms with van der Waals surface area (Å²) in [4.78, 5) is 14.7. The zero-order chi connectivity index (χ0) is 15.6. The minimum Gasteiger partial charge on any atom is -0.356 e. The highest BCUT2D eigenvalue weighted by atomic mass is 35.5. The van der Waals surface area contributed by atoms with Crippen LogP contribution in [0.4, 0.5) is 4.39 Å². The third kappa shape index (κ3) is 3.83. The quantitative estimate of drug-likeness (QED) is 0.823. The Labute approximate surface area is 132 Å². The van der Waals surface area contributed by atoms with Gasteiger partial charge in [0.25, 0.3) is 0 Å². The number of hydrogen-bond donors (Lipinski definition) is 2. The predicted molar refractivity (Wildman–Crippen MR) is 84.6 cm³/mol. The van der Waals surface area contributed by atoms with E-state index in [0.29, 0.717) is 41.2 Å². The van der Waals surface area contributed by atoms with E-state index in [0.717, 1.165) is 0 Å². The molecule has 1 aromatic carbocycles. The van der Waals surface area contributed by atoms with Gasteiger partial charge in [-0.2, -0.15) is 0 Å². The first-order chi connectivity index (χ1) is 9.88. The second kappa shape index (κ2) is 6.58. The predicted octanol–water partition coefficient (Wildman–Crippen LogP) is 3.65. The number of halogens is 2. The lowest BCUT2D eigenvalue weighted by Gasteiger charge is -2.08. The van der Waals surface area contributed by atoms with Crippen molar-refractivity contribution in [3.63, 3.8) is 0 Å². The second-order valence-electron chi connectivity index (χ2n) is 5.31. The largest absolute Gasteiger partial charge is 0.356 e. The number of benzene rings is 1. The molecule has 1 aromatic heterocycles. The summed E-state index contributed by atoms with van der Waals surface area (Å²) in [5, 5.41) is 2.89. The fourth-order valence-electron chi connectivity index (χ4n) is 1.99. The molecule has 1 amide bonds. The molecule has 0 aliphatic heterocycles. The molecule has 0 aliphatic rings. The van der Waals surface area contributed by atoms with E-state index in [9.17, 15) is 9.18 Å². The molecule has 0 atom stereocenters. The molecule has 7 heteroatoms. The number of rotatable bonds is 5. The Kier molecular flexibility index (Phi) is 5.00. The molecule has 0 unspecified atom stereocenters. The normalized spacial score (nSPS) is 11.3. The molecule has 21 heavy (non-hydrogen) atoms. The van der Waals surface area contributed by atoms with E-state index in [1.165, 1.54) is 12.1 Å². The van der Waals surface area contributed by atoms with Crippen LogP contribution in [0.2, 0.25) is 5.02 Å². The number of aromatic amines is 1. The summed E-state index contributed by atoms with van der Waals surface area (Å²) in [6.45, 7) is 5.14. The van der Waals surface area contributed by atoms with Crippen LogP contribution in [-0.4, -0.2) is 22.0 Å². The Bertz CT molecular complexity index is 723. The van der Waals surface area contributed by atoms with Gasteiger partial charge >= 0.3 is 0 Å². The molecule has 114 valence electrons. The third-order valence-corrected chi connectivity index (χ3v) is 3.70. The molecule has 0 radical (unpaired) electrons. The number of carbonyl (C=O) groups excluding carboxylic acids is 1. The lowest BCUT2D eigenvalue weighted by Crippen LogP contribution is -2.28. The molecule has 0 bridgehead atoms. The Balaban J connectivity index is 2.15. The average molecular weight is 330 g/mol. The van der Waals surface area contributed by atoms with Gasteiger partial charge in [0.1, 0.15) is 5.82 Å². The molecular weight excluding hydrogens is 313 g/mol. The van der Waals surface area contributed by atoms with E-state index in [1.807, 2.05) is 13.8 Å². The Morgan fingerprint density at radius 3 is 2.90 bits per heavy atom. The average Bonchev–Trinajstić information content (AvgIpc) is 2.70. The topological polar surface area (TPSA) is 49.8 Å². The van der Waals surface area contributed by atoms with Gasteiger partial charge in [0.15, 0.2) is 4.77 Å². The maximum atomic E-state index is 13.4. The van der Waals surface area contributed by atoms with Crippen molar-refractivity contribution < 1.29 is 9.18 Å². The Morgan fingerprint density at radius 2 is 2.24 bits per heavy atom. The van der Waals surface area contributed by atoms with Crippen molar-refractivity contribution >= 4 is 40.8 Å². The standard InChI is InChI=1S/C14H17ClFN3OS/c1-8(2)7-17-13(20)3-4-19-12-5-9(15)10(16)6-11(12)18-14(19)21/h5-6,8H,3-4,7H2,1-2H3,(H,17,20)(H,18,21). The lowest BCUT2D eigenvalue weighted by molar-refractivity contribution is -0.121. The van der Waals surface area contributed by atoms with E-state index < -0.39 is 5.82 Å². The highest BCUT2D eigenvalue weighted by Crippen LogP contribution is 2.23. The van der Waals surface area contributed by atoms with Gasteiger partial charge in [0.2, 0.25) is 5.91 Å². The fourth-order valence-corrected chi connectivity index (χ4v) is 2.45. The molecule has 4 nitrogen and oxygen atoms in total. The van der Waals surface area contributed by atoms with Crippen molar-refractivity contribution in [2.24, 2.45) is 5.92 Å². The van der Waals surface area contributed by atoms with E-state index >= 15 is 0 Å². The summed E-state index contributed by atoms with van der Waals surface area (Å²) >= 11 is 11.0. The van der Waals surface area contributed by atoms with Crippen molar-refractivity contribution in [3.8, 4) is 0 Å². The molecule has 0 saturated heterocycles. The number of imidazole rings is 1. The van der Waals surface area contributed by atoms with Gasteiger partial charge in [-0.25, -0.2) is 4.39 Å². The monoisotopic (exact) mass is 329 g/mol. The first-order valence-electron chi connectivity index (χ1n) is 6.72. The van der Waals surface area contributed by atoms with E-state index in [-0.39, 0.29) is 10.9 Å². The summed E-state index contributed by atoms with van der Waals surface area (Å²) < 4.78 is 15.6. The van der Waals surface area contributed by atoms with Crippen LogP contribution in [0.25, 0.3) is 11.0 Å². The van der Waals surface area contributed by atoms with Crippen LogP contribution in [0.5, 0.6) is 0 Å². The summed E-state index contributed by atoms with van der Waals surface area (Å²) in [6.07, 6.45) is 0.309. The zero-order valence-corrected chi connectivity index (χ0v) is 13.4. The maximum absolute atomic E-state index is 13.4. The van der Waals surface area contributed by atoms with Gasteiger partial charge in [-0.1, -0.05) is 25.4 Å². The molecule has 0 aliphatic carbocycles. The summed E-state index contributed by atoms with van der Waals surface area (Å²) in [5.74, 6) is -0.124. The van der Waals surface area contributed by atoms with Crippen molar-refractivity contribution in [1.82, 2.24) is 14.9 Å². The van der Waals surface area contributed by atoms with Crippen LogP contribution >= 0.6 is 23.8 Å². The Hall–Kier alpha value is -1.40. The number of carbonyl (C=O) groups is 1. The van der Waals surface area contributed by atoms with E-state index in [2.05, 4.69) is 10.3 Å². The van der Waals surface area contributed by atoms with Gasteiger partial charge in [0.05, 0.1) is 16.1 Å². The number of aryl methyl sites for hydroxylation is 1. The molecule has 2 N–H and O–H groups in total. The molecule has 0 fully saturated rings.